The van der Waals surface area contributed by atoms with Crippen molar-refractivity contribution >= 4 is 5.78 Å². The predicted molar refractivity (Wildman–Crippen MR) is 54.5 cm³/mol. The Morgan fingerprint density at radius 3 is 2.93 bits per heavy atom. The monoisotopic (exact) mass is 190 g/mol. The van der Waals surface area contributed by atoms with Gasteiger partial charge in [-0.15, -0.1) is 0 Å². The number of benzene rings is 1. The van der Waals surface area contributed by atoms with Crippen molar-refractivity contribution in [2.24, 2.45) is 0 Å². The van der Waals surface area contributed by atoms with E-state index in [9.17, 15) is 4.79 Å². The summed E-state index contributed by atoms with van der Waals surface area (Å²) in [5, 5.41) is 0. The van der Waals surface area contributed by atoms with Gasteiger partial charge in [-0.1, -0.05) is 31.2 Å². The maximum absolute atomic E-state index is 11.8. The summed E-state index contributed by atoms with van der Waals surface area (Å²) in [5.41, 5.74) is 1.97. The molecule has 1 aromatic rings. The number of Topliss-reactive ketones (excluding diaryl/α,β-unsaturated/α-hetero) is 1. The largest absolute Gasteiger partial charge is 0.370 e. The number of fused-ring (bicyclic) bond motifs is 1. The van der Waals surface area contributed by atoms with Gasteiger partial charge in [0.1, 0.15) is 6.10 Å². The topological polar surface area (TPSA) is 26.3 Å². The van der Waals surface area contributed by atoms with Crippen molar-refractivity contribution in [3.8, 4) is 0 Å². The number of rotatable bonds is 3. The quantitative estimate of drug-likeness (QED) is 0.730. The van der Waals surface area contributed by atoms with Crippen molar-refractivity contribution in [1.82, 2.24) is 0 Å². The molecular weight excluding hydrogens is 176 g/mol. The van der Waals surface area contributed by atoms with Crippen LogP contribution in [0.4, 0.5) is 0 Å². The van der Waals surface area contributed by atoms with Crippen LogP contribution in [-0.2, 0) is 11.2 Å². The lowest BCUT2D eigenvalue weighted by Crippen LogP contribution is -2.20. The molecule has 2 rings (SSSR count). The molecule has 0 N–H and O–H groups in total. The van der Waals surface area contributed by atoms with Gasteiger partial charge in [0.15, 0.2) is 5.78 Å². The molecule has 1 aromatic carbocycles. The third-order valence-corrected chi connectivity index (χ3v) is 2.50. The second-order valence-corrected chi connectivity index (χ2v) is 3.58. The number of carbonyl (C=O) groups excluding carboxylic acids is 1. The Morgan fingerprint density at radius 1 is 1.43 bits per heavy atom. The van der Waals surface area contributed by atoms with E-state index >= 15 is 0 Å². The highest BCUT2D eigenvalue weighted by molar-refractivity contribution is 6.03. The van der Waals surface area contributed by atoms with Crippen LogP contribution in [0.5, 0.6) is 0 Å². The van der Waals surface area contributed by atoms with E-state index in [0.29, 0.717) is 6.61 Å². The number of ether oxygens (including phenoxy) is 1. The van der Waals surface area contributed by atoms with Crippen LogP contribution in [0.3, 0.4) is 0 Å². The first-order chi connectivity index (χ1) is 6.83. The van der Waals surface area contributed by atoms with Gasteiger partial charge in [-0.3, -0.25) is 4.79 Å². The van der Waals surface area contributed by atoms with E-state index in [1.807, 2.05) is 31.2 Å². The van der Waals surface area contributed by atoms with Gasteiger partial charge in [0, 0.05) is 18.6 Å². The highest BCUT2D eigenvalue weighted by Gasteiger charge is 2.30. The van der Waals surface area contributed by atoms with Crippen molar-refractivity contribution in [1.29, 1.82) is 0 Å². The molecule has 0 saturated carbocycles. The summed E-state index contributed by atoms with van der Waals surface area (Å²) >= 11 is 0. The maximum atomic E-state index is 11.8. The summed E-state index contributed by atoms with van der Waals surface area (Å²) in [5.74, 6) is 0.147. The fraction of sp³-hybridized carbons (Fsp3) is 0.417. The lowest BCUT2D eigenvalue weighted by atomic mass is 10.1. The third-order valence-electron chi connectivity index (χ3n) is 2.50. The summed E-state index contributed by atoms with van der Waals surface area (Å²) < 4.78 is 5.50. The molecule has 0 fully saturated rings. The molecule has 0 radical (unpaired) electrons. The molecule has 0 saturated heterocycles. The lowest BCUT2D eigenvalue weighted by molar-refractivity contribution is 0.0456. The average molecular weight is 190 g/mol. The molecule has 2 nitrogen and oxygen atoms in total. The van der Waals surface area contributed by atoms with Crippen LogP contribution in [0.2, 0.25) is 0 Å². The van der Waals surface area contributed by atoms with E-state index in [1.54, 1.807) is 0 Å². The minimum absolute atomic E-state index is 0.147. The van der Waals surface area contributed by atoms with Gasteiger partial charge in [0.25, 0.3) is 0 Å². The number of hydrogen-bond donors (Lipinski definition) is 0. The van der Waals surface area contributed by atoms with Gasteiger partial charge in [-0.2, -0.15) is 0 Å². The van der Waals surface area contributed by atoms with Gasteiger partial charge < -0.3 is 4.74 Å². The smallest absolute Gasteiger partial charge is 0.192 e. The molecular formula is C12H14O2. The first-order valence-electron chi connectivity index (χ1n) is 5.06. The predicted octanol–water partition coefficient (Wildman–Crippen LogP) is 2.22. The molecule has 74 valence electrons. The zero-order chi connectivity index (χ0) is 9.97. The molecule has 0 spiro atoms. The highest BCUT2D eigenvalue weighted by atomic mass is 16.5. The van der Waals surface area contributed by atoms with E-state index < -0.39 is 0 Å². The average Bonchev–Trinajstić information content (AvgIpc) is 2.54. The first kappa shape index (κ1) is 9.41. The van der Waals surface area contributed by atoms with Crippen LogP contribution in [0.25, 0.3) is 0 Å². The molecule has 1 aliphatic carbocycles. The maximum Gasteiger partial charge on any atom is 0.192 e. The van der Waals surface area contributed by atoms with Crippen LogP contribution >= 0.6 is 0 Å². The second-order valence-electron chi connectivity index (χ2n) is 3.58. The summed E-state index contributed by atoms with van der Waals surface area (Å²) in [6, 6.07) is 7.75. The van der Waals surface area contributed by atoms with Gasteiger partial charge >= 0.3 is 0 Å². The van der Waals surface area contributed by atoms with E-state index in [4.69, 9.17) is 4.74 Å². The summed E-state index contributed by atoms with van der Waals surface area (Å²) in [6.45, 7) is 2.72. The summed E-state index contributed by atoms with van der Waals surface area (Å²) in [4.78, 5) is 11.8. The minimum atomic E-state index is -0.229. The van der Waals surface area contributed by atoms with Crippen molar-refractivity contribution in [3.63, 3.8) is 0 Å². The first-order valence-corrected chi connectivity index (χ1v) is 5.06. The van der Waals surface area contributed by atoms with Gasteiger partial charge in [0.05, 0.1) is 0 Å². The Balaban J connectivity index is 2.13. The molecule has 1 atom stereocenters. The Morgan fingerprint density at radius 2 is 2.21 bits per heavy atom. The van der Waals surface area contributed by atoms with Gasteiger partial charge in [-0.25, -0.2) is 0 Å². The van der Waals surface area contributed by atoms with Crippen molar-refractivity contribution < 1.29 is 9.53 Å². The third kappa shape index (κ3) is 1.58. The molecule has 14 heavy (non-hydrogen) atoms. The van der Waals surface area contributed by atoms with Crippen LogP contribution in [0.1, 0.15) is 29.3 Å². The summed E-state index contributed by atoms with van der Waals surface area (Å²) in [7, 11) is 0. The van der Waals surface area contributed by atoms with Crippen LogP contribution < -0.4 is 0 Å². The van der Waals surface area contributed by atoms with E-state index in [-0.39, 0.29) is 11.9 Å². The Bertz CT molecular complexity index is 344. The Labute approximate surface area is 83.9 Å². The SMILES string of the molecule is CCCOC1Cc2ccccc2C1=O. The van der Waals surface area contributed by atoms with Crippen molar-refractivity contribution in [3.05, 3.63) is 35.4 Å². The van der Waals surface area contributed by atoms with E-state index in [1.165, 1.54) is 0 Å². The molecule has 0 aliphatic heterocycles. The van der Waals surface area contributed by atoms with Crippen LogP contribution in [0, 0.1) is 0 Å². The molecule has 1 unspecified atom stereocenters. The number of carbonyl (C=O) groups is 1. The van der Waals surface area contributed by atoms with E-state index in [0.717, 1.165) is 24.0 Å². The molecule has 0 bridgehead atoms. The second kappa shape index (κ2) is 3.93. The fourth-order valence-corrected chi connectivity index (χ4v) is 1.80. The Hall–Kier alpha value is -1.15. The van der Waals surface area contributed by atoms with Gasteiger partial charge in [-0.05, 0) is 12.0 Å². The zero-order valence-corrected chi connectivity index (χ0v) is 8.32. The molecule has 0 amide bonds. The Kier molecular flexibility index (Phi) is 2.64. The molecule has 0 heterocycles. The van der Waals surface area contributed by atoms with Gasteiger partial charge in [0.2, 0.25) is 0 Å². The standard InChI is InChI=1S/C12H14O2/c1-2-7-14-11-8-9-5-3-4-6-10(9)12(11)13/h3-6,11H,2,7-8H2,1H3. The molecule has 1 aliphatic rings. The van der Waals surface area contributed by atoms with Crippen molar-refractivity contribution in [2.75, 3.05) is 6.61 Å². The summed E-state index contributed by atoms with van der Waals surface area (Å²) in [6.07, 6.45) is 1.47. The zero-order valence-electron chi connectivity index (χ0n) is 8.32. The van der Waals surface area contributed by atoms with Crippen molar-refractivity contribution in [2.45, 2.75) is 25.9 Å². The molecule has 2 heteroatoms. The lowest BCUT2D eigenvalue weighted by Gasteiger charge is -2.07. The van der Waals surface area contributed by atoms with E-state index in [2.05, 4.69) is 0 Å². The van der Waals surface area contributed by atoms with Crippen LogP contribution in [-0.4, -0.2) is 18.5 Å². The number of ketones is 1. The van der Waals surface area contributed by atoms with Crippen LogP contribution in [0.15, 0.2) is 24.3 Å². The normalized spacial score (nSPS) is 19.8. The number of hydrogen-bond acceptors (Lipinski definition) is 2. The highest BCUT2D eigenvalue weighted by Crippen LogP contribution is 2.23. The minimum Gasteiger partial charge on any atom is -0.370 e. The molecule has 0 aromatic heterocycles. The fourth-order valence-electron chi connectivity index (χ4n) is 1.80.